The Bertz CT molecular complexity index is 189. The molecule has 0 saturated carbocycles. The molecule has 0 aliphatic carbocycles. The van der Waals surface area contributed by atoms with Gasteiger partial charge in [0.15, 0.2) is 0 Å². The summed E-state index contributed by atoms with van der Waals surface area (Å²) < 4.78 is 4.53. The Balaban J connectivity index is -0.000000153. The van der Waals surface area contributed by atoms with Crippen molar-refractivity contribution in [3.8, 4) is 0 Å². The topological polar surface area (TPSA) is 83.8 Å². The van der Waals surface area contributed by atoms with Crippen LogP contribution in [-0.4, -0.2) is 43.1 Å². The Morgan fingerprint density at radius 1 is 1.00 bits per heavy atom. The van der Waals surface area contributed by atoms with Crippen molar-refractivity contribution in [1.29, 1.82) is 0 Å². The van der Waals surface area contributed by atoms with Crippen LogP contribution in [0.2, 0.25) is 0 Å². The maximum Gasteiger partial charge on any atom is 0.330 e. The summed E-state index contributed by atoms with van der Waals surface area (Å²) in [5, 5.41) is 15.8. The lowest BCUT2D eigenvalue weighted by Gasteiger charge is -1.79. The highest BCUT2D eigenvalue weighted by molar-refractivity contribution is 6.15. The van der Waals surface area contributed by atoms with Gasteiger partial charge >= 0.3 is 11.9 Å². The fraction of sp³-hybridized carbons (Fsp3) is 0.250. The number of carboxylic acids is 2. The molecule has 0 aromatic rings. The summed E-state index contributed by atoms with van der Waals surface area (Å²) in [4.78, 5) is 19.2. The summed E-state index contributed by atoms with van der Waals surface area (Å²) in [7, 11) is 1.86. The predicted molar refractivity (Wildman–Crippen MR) is 65.9 cm³/mol. The van der Waals surface area contributed by atoms with E-state index in [9.17, 15) is 9.59 Å². The molecule has 15 heavy (non-hydrogen) atoms. The van der Waals surface area contributed by atoms with Crippen LogP contribution in [0.25, 0.3) is 0 Å². The largest absolute Gasteiger partial charge is 0.478 e. The minimum Gasteiger partial charge on any atom is -0.478 e. The summed E-state index contributed by atoms with van der Waals surface area (Å²) in [5.74, 6) is -1.87. The fourth-order valence-electron chi connectivity index (χ4n) is 0. The molecule has 0 aliphatic heterocycles. The van der Waals surface area contributed by atoms with E-state index in [-0.39, 0.29) is 11.1 Å². The van der Waals surface area contributed by atoms with E-state index in [0.717, 1.165) is 21.0 Å². The quantitative estimate of drug-likeness (QED) is 0.478. The molecule has 0 heterocycles. The van der Waals surface area contributed by atoms with Gasteiger partial charge in [0.05, 0.1) is 0 Å². The summed E-state index contributed by atoms with van der Waals surface area (Å²) in [6, 6.07) is 0. The molecule has 0 spiro atoms. The van der Waals surface area contributed by atoms with E-state index in [1.54, 1.807) is 0 Å². The zero-order chi connectivity index (χ0) is 13.0. The van der Waals surface area contributed by atoms with E-state index in [4.69, 9.17) is 10.2 Å². The number of hydrogen-bond acceptors (Lipinski definition) is 3. The molecule has 0 radical (unpaired) electrons. The molecule has 0 atom stereocenters. The number of hydrogen-bond donors (Lipinski definition) is 2. The minimum atomic E-state index is -0.935. The lowest BCUT2D eigenvalue weighted by atomic mass is 10.4. The molecule has 7 heteroatoms. The minimum absolute atomic E-state index is 0.176. The van der Waals surface area contributed by atoms with Crippen LogP contribution in [0, 0.1) is 0 Å². The van der Waals surface area contributed by atoms with Crippen LogP contribution >= 0.6 is 0 Å². The summed E-state index contributed by atoms with van der Waals surface area (Å²) in [5.41, 5.74) is 0.352. The van der Waals surface area contributed by atoms with E-state index in [0.29, 0.717) is 0 Å². The normalized spacial score (nSPS) is 7.60. The second-order valence-corrected chi connectivity index (χ2v) is 5.85. The van der Waals surface area contributed by atoms with Crippen LogP contribution in [0.5, 0.6) is 0 Å². The average molecular weight is 250 g/mol. The Kier molecular flexibility index (Phi) is 16.6. The zero-order valence-electron chi connectivity index (χ0n) is 9.53. The SMILES string of the molecule is C=C(C)C(=O)O.C=C(C)C(=O)O.[SiH3]O[SiH3]. The van der Waals surface area contributed by atoms with Crippen LogP contribution < -0.4 is 0 Å². The first-order chi connectivity index (χ1) is 6.70. The molecule has 0 bridgehead atoms. The van der Waals surface area contributed by atoms with E-state index >= 15 is 0 Å². The van der Waals surface area contributed by atoms with Gasteiger partial charge in [-0.1, -0.05) is 13.2 Å². The maximum atomic E-state index is 9.60. The fourth-order valence-corrected chi connectivity index (χ4v) is 0. The van der Waals surface area contributed by atoms with Gasteiger partial charge in [0.1, 0.15) is 21.0 Å². The number of aliphatic carboxylic acids is 2. The van der Waals surface area contributed by atoms with Crippen LogP contribution in [0.4, 0.5) is 0 Å². The molecule has 88 valence electrons. The standard InChI is InChI=1S/2C4H6O2.H6OSi2/c2*1-3(2)4(5)6;2-1-3/h2*1H2,2H3,(H,5,6);2-3H3. The van der Waals surface area contributed by atoms with Crippen molar-refractivity contribution in [2.45, 2.75) is 13.8 Å². The smallest absolute Gasteiger partial charge is 0.330 e. The maximum absolute atomic E-state index is 9.60. The molecular weight excluding hydrogens is 232 g/mol. The Labute approximate surface area is 95.5 Å². The molecule has 0 aliphatic rings. The van der Waals surface area contributed by atoms with Gasteiger partial charge in [-0.05, 0) is 13.8 Å². The van der Waals surface area contributed by atoms with Crippen LogP contribution in [0.3, 0.4) is 0 Å². The zero-order valence-corrected chi connectivity index (χ0v) is 13.5. The second-order valence-electron chi connectivity index (χ2n) is 2.58. The van der Waals surface area contributed by atoms with Crippen molar-refractivity contribution < 1.29 is 23.9 Å². The molecule has 0 unspecified atom stereocenters. The van der Waals surface area contributed by atoms with Gasteiger partial charge in [-0.15, -0.1) is 0 Å². The first kappa shape index (κ1) is 19.4. The van der Waals surface area contributed by atoms with Gasteiger partial charge in [-0.25, -0.2) is 9.59 Å². The highest BCUT2D eigenvalue weighted by atomic mass is 28.3. The number of carboxylic acid groups (broad SMARTS) is 2. The van der Waals surface area contributed by atoms with Crippen LogP contribution in [0.15, 0.2) is 24.3 Å². The molecule has 0 saturated heterocycles. The Morgan fingerprint density at radius 3 is 1.07 bits per heavy atom. The van der Waals surface area contributed by atoms with Crippen molar-refractivity contribution in [3.05, 3.63) is 24.3 Å². The summed E-state index contributed by atoms with van der Waals surface area (Å²) >= 11 is 0. The summed E-state index contributed by atoms with van der Waals surface area (Å²) in [6.45, 7) is 9.20. The van der Waals surface area contributed by atoms with E-state index < -0.39 is 11.9 Å². The van der Waals surface area contributed by atoms with Crippen molar-refractivity contribution in [1.82, 2.24) is 0 Å². The van der Waals surface area contributed by atoms with Crippen LogP contribution in [0.1, 0.15) is 13.8 Å². The second kappa shape index (κ2) is 12.8. The van der Waals surface area contributed by atoms with Crippen molar-refractivity contribution >= 4 is 32.9 Å². The molecule has 0 fully saturated rings. The Hall–Kier alpha value is -1.19. The summed E-state index contributed by atoms with van der Waals surface area (Å²) in [6.07, 6.45) is 0. The van der Waals surface area contributed by atoms with E-state index in [1.807, 2.05) is 0 Å². The number of carbonyl (C=O) groups is 2. The third-order valence-electron chi connectivity index (χ3n) is 0.730. The Morgan fingerprint density at radius 2 is 1.07 bits per heavy atom. The first-order valence-corrected chi connectivity index (χ1v) is 5.51. The third kappa shape index (κ3) is 32.3. The van der Waals surface area contributed by atoms with Gasteiger partial charge < -0.3 is 14.3 Å². The van der Waals surface area contributed by atoms with Gasteiger partial charge in [0, 0.05) is 11.1 Å². The van der Waals surface area contributed by atoms with Gasteiger partial charge in [-0.3, -0.25) is 0 Å². The lowest BCUT2D eigenvalue weighted by Crippen LogP contribution is -1.92. The molecule has 0 aromatic carbocycles. The average Bonchev–Trinajstić information content (AvgIpc) is 2.06. The van der Waals surface area contributed by atoms with Crippen molar-refractivity contribution in [3.63, 3.8) is 0 Å². The predicted octanol–water partition coefficient (Wildman–Crippen LogP) is -1.14. The van der Waals surface area contributed by atoms with E-state index in [1.165, 1.54) is 13.8 Å². The van der Waals surface area contributed by atoms with Crippen molar-refractivity contribution in [2.75, 3.05) is 0 Å². The van der Waals surface area contributed by atoms with Crippen molar-refractivity contribution in [2.24, 2.45) is 0 Å². The molecule has 0 amide bonds. The molecule has 0 aromatic heterocycles. The molecule has 2 N–H and O–H groups in total. The van der Waals surface area contributed by atoms with Gasteiger partial charge in [0.25, 0.3) is 0 Å². The molecular formula is C8H18O5Si2. The monoisotopic (exact) mass is 250 g/mol. The third-order valence-corrected chi connectivity index (χ3v) is 0.730. The van der Waals surface area contributed by atoms with E-state index in [2.05, 4.69) is 17.3 Å². The number of rotatable bonds is 2. The van der Waals surface area contributed by atoms with Crippen LogP contribution in [-0.2, 0) is 13.7 Å². The lowest BCUT2D eigenvalue weighted by molar-refractivity contribution is -0.133. The highest BCUT2D eigenvalue weighted by Gasteiger charge is 1.90. The van der Waals surface area contributed by atoms with Gasteiger partial charge in [0.2, 0.25) is 0 Å². The first-order valence-electron chi connectivity index (χ1n) is 3.88. The van der Waals surface area contributed by atoms with Gasteiger partial charge in [-0.2, -0.15) is 0 Å². The highest BCUT2D eigenvalue weighted by Crippen LogP contribution is 1.81. The molecule has 0 rings (SSSR count). The molecule has 5 nitrogen and oxygen atoms in total.